The molecular weight excluding hydrogens is 213 g/mol. The van der Waals surface area contributed by atoms with E-state index < -0.39 is 0 Å². The second-order valence-electron chi connectivity index (χ2n) is 6.35. The van der Waals surface area contributed by atoms with Crippen LogP contribution in [0, 0.1) is 5.95 Å². The van der Waals surface area contributed by atoms with Gasteiger partial charge in [-0.2, -0.15) is 4.39 Å². The number of aromatic nitrogens is 1. The van der Waals surface area contributed by atoms with E-state index in [2.05, 4.69) is 39.6 Å². The fourth-order valence-corrected chi connectivity index (χ4v) is 2.32. The molecule has 0 aliphatic heterocycles. The first-order valence-electron chi connectivity index (χ1n) is 6.35. The van der Waals surface area contributed by atoms with Crippen molar-refractivity contribution >= 4 is 0 Å². The van der Waals surface area contributed by atoms with Crippen LogP contribution in [-0.2, 0) is 5.41 Å². The fourth-order valence-electron chi connectivity index (χ4n) is 2.32. The van der Waals surface area contributed by atoms with Gasteiger partial charge < -0.3 is 0 Å². The summed E-state index contributed by atoms with van der Waals surface area (Å²) in [4.78, 5) is 3.93. The lowest BCUT2D eigenvalue weighted by Crippen LogP contribution is -2.20. The lowest BCUT2D eigenvalue weighted by molar-refractivity contribution is 0.511. The third-order valence-electron chi connectivity index (χ3n) is 3.05. The molecule has 0 aliphatic carbocycles. The first-order valence-corrected chi connectivity index (χ1v) is 6.35. The van der Waals surface area contributed by atoms with Gasteiger partial charge in [-0.05, 0) is 28.4 Å². The van der Waals surface area contributed by atoms with E-state index in [0.717, 1.165) is 11.1 Å². The Labute approximate surface area is 104 Å². The molecule has 0 bridgehead atoms. The Morgan fingerprint density at radius 1 is 1.06 bits per heavy atom. The summed E-state index contributed by atoms with van der Waals surface area (Å²) in [7, 11) is 0. The molecule has 1 aromatic rings. The Morgan fingerprint density at radius 3 is 1.94 bits per heavy atom. The predicted octanol–water partition coefficient (Wildman–Crippen LogP) is 4.77. The van der Waals surface area contributed by atoms with Gasteiger partial charge in [-0.15, -0.1) is 0 Å². The highest BCUT2D eigenvalue weighted by molar-refractivity contribution is 5.41. The zero-order valence-electron chi connectivity index (χ0n) is 12.1. The zero-order valence-corrected chi connectivity index (χ0v) is 12.1. The maximum Gasteiger partial charge on any atom is 0.216 e. The molecule has 0 amide bonds. The van der Waals surface area contributed by atoms with Crippen molar-refractivity contribution in [2.45, 2.75) is 65.7 Å². The Hall–Kier alpha value is -0.920. The molecule has 1 rings (SSSR count). The Morgan fingerprint density at radius 2 is 1.59 bits per heavy atom. The number of pyridine rings is 1. The quantitative estimate of drug-likeness (QED) is 0.675. The van der Waals surface area contributed by atoms with Crippen LogP contribution in [0.1, 0.15) is 77.0 Å². The van der Waals surface area contributed by atoms with Crippen LogP contribution in [0.4, 0.5) is 4.39 Å². The standard InChI is InChI=1S/C15H24FN/c1-9(2)11-8-17-14(16)12(10(3)4)13(11)15(5,6)7/h8-10H,1-7H3. The molecule has 0 N–H and O–H groups in total. The van der Waals surface area contributed by atoms with E-state index in [0.29, 0.717) is 5.92 Å². The van der Waals surface area contributed by atoms with Gasteiger partial charge in [0.2, 0.25) is 5.95 Å². The fraction of sp³-hybridized carbons (Fsp3) is 0.667. The number of rotatable bonds is 2. The molecule has 2 heteroatoms. The number of hydrogen-bond donors (Lipinski definition) is 0. The van der Waals surface area contributed by atoms with Crippen molar-refractivity contribution in [3.63, 3.8) is 0 Å². The van der Waals surface area contributed by atoms with Gasteiger partial charge in [0.05, 0.1) is 0 Å². The van der Waals surface area contributed by atoms with Crippen molar-refractivity contribution in [1.29, 1.82) is 0 Å². The van der Waals surface area contributed by atoms with E-state index in [1.165, 1.54) is 5.56 Å². The van der Waals surface area contributed by atoms with Gasteiger partial charge in [-0.3, -0.25) is 0 Å². The minimum atomic E-state index is -0.311. The van der Waals surface area contributed by atoms with Crippen LogP contribution in [-0.4, -0.2) is 4.98 Å². The summed E-state index contributed by atoms with van der Waals surface area (Å²) in [6.45, 7) is 14.7. The molecule has 0 radical (unpaired) electrons. The van der Waals surface area contributed by atoms with Crippen molar-refractivity contribution in [3.8, 4) is 0 Å². The van der Waals surface area contributed by atoms with Crippen LogP contribution in [0.15, 0.2) is 6.20 Å². The molecule has 1 heterocycles. The summed E-state index contributed by atoms with van der Waals surface area (Å²) in [6, 6.07) is 0. The normalized spacial score (nSPS) is 12.6. The molecule has 0 unspecified atom stereocenters. The number of halogens is 1. The molecule has 0 aromatic carbocycles. The third kappa shape index (κ3) is 2.85. The summed E-state index contributed by atoms with van der Waals surface area (Å²) in [6.07, 6.45) is 1.70. The largest absolute Gasteiger partial charge is 0.228 e. The maximum absolute atomic E-state index is 14.0. The highest BCUT2D eigenvalue weighted by atomic mass is 19.1. The highest BCUT2D eigenvalue weighted by Gasteiger charge is 2.27. The Kier molecular flexibility index (Phi) is 3.95. The van der Waals surface area contributed by atoms with Gasteiger partial charge in [0.15, 0.2) is 0 Å². The molecule has 1 aromatic heterocycles. The lowest BCUT2D eigenvalue weighted by atomic mass is 9.76. The van der Waals surface area contributed by atoms with Crippen LogP contribution in [0.2, 0.25) is 0 Å². The van der Waals surface area contributed by atoms with Crippen LogP contribution in [0.3, 0.4) is 0 Å². The number of hydrogen-bond acceptors (Lipinski definition) is 1. The second-order valence-corrected chi connectivity index (χ2v) is 6.35. The van der Waals surface area contributed by atoms with Gasteiger partial charge >= 0.3 is 0 Å². The average Bonchev–Trinajstić information content (AvgIpc) is 2.14. The molecule has 96 valence electrons. The molecule has 1 nitrogen and oxygen atoms in total. The predicted molar refractivity (Wildman–Crippen MR) is 71.1 cm³/mol. The molecule has 0 atom stereocenters. The minimum Gasteiger partial charge on any atom is -0.228 e. The van der Waals surface area contributed by atoms with Crippen molar-refractivity contribution in [2.24, 2.45) is 0 Å². The van der Waals surface area contributed by atoms with Crippen molar-refractivity contribution in [1.82, 2.24) is 4.98 Å². The molecule has 0 spiro atoms. The molecule has 17 heavy (non-hydrogen) atoms. The van der Waals surface area contributed by atoms with Crippen LogP contribution in [0.5, 0.6) is 0 Å². The van der Waals surface area contributed by atoms with E-state index in [-0.39, 0.29) is 17.3 Å². The molecule has 0 saturated heterocycles. The van der Waals surface area contributed by atoms with Crippen molar-refractivity contribution in [3.05, 3.63) is 28.8 Å². The second kappa shape index (κ2) is 4.75. The van der Waals surface area contributed by atoms with Crippen LogP contribution < -0.4 is 0 Å². The highest BCUT2D eigenvalue weighted by Crippen LogP contribution is 2.36. The SMILES string of the molecule is CC(C)c1cnc(F)c(C(C)C)c1C(C)(C)C. The van der Waals surface area contributed by atoms with E-state index in [4.69, 9.17) is 0 Å². The molecule has 0 fully saturated rings. The van der Waals surface area contributed by atoms with Crippen LogP contribution >= 0.6 is 0 Å². The van der Waals surface area contributed by atoms with E-state index in [1.54, 1.807) is 6.20 Å². The number of nitrogens with zero attached hydrogens (tertiary/aromatic N) is 1. The summed E-state index contributed by atoms with van der Waals surface area (Å²) in [5.74, 6) is 0.222. The molecule has 0 aliphatic rings. The summed E-state index contributed by atoms with van der Waals surface area (Å²) in [5, 5.41) is 0. The first kappa shape index (κ1) is 14.1. The van der Waals surface area contributed by atoms with E-state index in [1.807, 2.05) is 13.8 Å². The topological polar surface area (TPSA) is 12.9 Å². The van der Waals surface area contributed by atoms with Crippen molar-refractivity contribution < 1.29 is 4.39 Å². The molecule has 0 saturated carbocycles. The van der Waals surface area contributed by atoms with Gasteiger partial charge in [0.25, 0.3) is 0 Å². The van der Waals surface area contributed by atoms with E-state index in [9.17, 15) is 4.39 Å². The summed E-state index contributed by atoms with van der Waals surface area (Å²) in [5.41, 5.74) is 3.03. The van der Waals surface area contributed by atoms with E-state index >= 15 is 0 Å². The smallest absolute Gasteiger partial charge is 0.216 e. The Balaban J connectivity index is 3.62. The lowest BCUT2D eigenvalue weighted by Gasteiger charge is -2.29. The monoisotopic (exact) mass is 237 g/mol. The zero-order chi connectivity index (χ0) is 13.4. The van der Waals surface area contributed by atoms with Gasteiger partial charge in [-0.1, -0.05) is 48.5 Å². The van der Waals surface area contributed by atoms with Crippen molar-refractivity contribution in [2.75, 3.05) is 0 Å². The summed E-state index contributed by atoms with van der Waals surface area (Å²) < 4.78 is 14.0. The summed E-state index contributed by atoms with van der Waals surface area (Å²) >= 11 is 0. The van der Waals surface area contributed by atoms with Gasteiger partial charge in [-0.25, -0.2) is 4.98 Å². The van der Waals surface area contributed by atoms with Crippen LogP contribution in [0.25, 0.3) is 0 Å². The van der Waals surface area contributed by atoms with Gasteiger partial charge in [0.1, 0.15) is 0 Å². The van der Waals surface area contributed by atoms with Gasteiger partial charge in [0, 0.05) is 11.8 Å². The average molecular weight is 237 g/mol. The maximum atomic E-state index is 14.0. The first-order chi connectivity index (χ1) is 7.66. The Bertz CT molecular complexity index is 400. The third-order valence-corrected chi connectivity index (χ3v) is 3.05. The molecular formula is C15H24FN. The minimum absolute atomic E-state index is 0.0526.